The standard InChI is InChI=1S/C8H18ClNS/c1-3-8(7-9)10-5-6-11-4-2/h8,10H,3-7H2,1-2H3. The van der Waals surface area contributed by atoms with E-state index in [0.29, 0.717) is 6.04 Å². The molecule has 0 aromatic carbocycles. The second-order valence-corrected chi connectivity index (χ2v) is 4.11. The summed E-state index contributed by atoms with van der Waals surface area (Å²) in [4.78, 5) is 0. The molecule has 0 aromatic heterocycles. The Morgan fingerprint density at radius 1 is 1.45 bits per heavy atom. The van der Waals surface area contributed by atoms with Gasteiger partial charge in [-0.05, 0) is 12.2 Å². The van der Waals surface area contributed by atoms with Crippen molar-refractivity contribution in [3.05, 3.63) is 0 Å². The second-order valence-electron chi connectivity index (χ2n) is 2.41. The predicted octanol–water partition coefficient (Wildman–Crippen LogP) is 2.35. The van der Waals surface area contributed by atoms with Gasteiger partial charge in [0.1, 0.15) is 0 Å². The van der Waals surface area contributed by atoms with Crippen LogP contribution in [0.4, 0.5) is 0 Å². The molecule has 0 fully saturated rings. The quantitative estimate of drug-likeness (QED) is 0.495. The summed E-state index contributed by atoms with van der Waals surface area (Å²) in [5, 5.41) is 3.40. The van der Waals surface area contributed by atoms with E-state index in [1.54, 1.807) is 0 Å². The van der Waals surface area contributed by atoms with Crippen LogP contribution in [0.3, 0.4) is 0 Å². The van der Waals surface area contributed by atoms with E-state index in [-0.39, 0.29) is 0 Å². The van der Waals surface area contributed by atoms with Crippen LogP contribution in [0.2, 0.25) is 0 Å². The molecule has 0 amide bonds. The highest BCUT2D eigenvalue weighted by Crippen LogP contribution is 1.98. The molecule has 0 radical (unpaired) electrons. The minimum Gasteiger partial charge on any atom is -0.312 e. The summed E-state index contributed by atoms with van der Waals surface area (Å²) in [5.74, 6) is 3.14. The van der Waals surface area contributed by atoms with Crippen LogP contribution in [0.5, 0.6) is 0 Å². The summed E-state index contributed by atoms with van der Waals surface area (Å²) in [6.07, 6.45) is 1.13. The van der Waals surface area contributed by atoms with Gasteiger partial charge < -0.3 is 5.32 Å². The van der Waals surface area contributed by atoms with Gasteiger partial charge in [0.05, 0.1) is 0 Å². The molecule has 11 heavy (non-hydrogen) atoms. The maximum absolute atomic E-state index is 5.71. The van der Waals surface area contributed by atoms with E-state index < -0.39 is 0 Å². The fourth-order valence-corrected chi connectivity index (χ4v) is 1.67. The third-order valence-corrected chi connectivity index (χ3v) is 2.84. The van der Waals surface area contributed by atoms with Crippen molar-refractivity contribution in [1.82, 2.24) is 5.32 Å². The third kappa shape index (κ3) is 6.98. The van der Waals surface area contributed by atoms with Gasteiger partial charge in [-0.15, -0.1) is 11.6 Å². The van der Waals surface area contributed by atoms with Gasteiger partial charge in [-0.1, -0.05) is 13.8 Å². The lowest BCUT2D eigenvalue weighted by Crippen LogP contribution is -2.31. The maximum atomic E-state index is 5.71. The van der Waals surface area contributed by atoms with Crippen LogP contribution in [0.25, 0.3) is 0 Å². The molecule has 0 bridgehead atoms. The highest BCUT2D eigenvalue weighted by molar-refractivity contribution is 7.99. The minimum atomic E-state index is 0.508. The lowest BCUT2D eigenvalue weighted by atomic mass is 10.3. The van der Waals surface area contributed by atoms with E-state index >= 15 is 0 Å². The van der Waals surface area contributed by atoms with Gasteiger partial charge in [-0.2, -0.15) is 11.8 Å². The first-order valence-electron chi connectivity index (χ1n) is 4.22. The number of hydrogen-bond donors (Lipinski definition) is 1. The van der Waals surface area contributed by atoms with Crippen molar-refractivity contribution in [3.8, 4) is 0 Å². The lowest BCUT2D eigenvalue weighted by Gasteiger charge is -2.12. The lowest BCUT2D eigenvalue weighted by molar-refractivity contribution is 0.560. The van der Waals surface area contributed by atoms with Crippen molar-refractivity contribution in [2.45, 2.75) is 26.3 Å². The molecule has 0 heterocycles. The maximum Gasteiger partial charge on any atom is 0.0377 e. The molecule has 1 atom stereocenters. The van der Waals surface area contributed by atoms with Crippen LogP contribution < -0.4 is 5.32 Å². The highest BCUT2D eigenvalue weighted by Gasteiger charge is 2.00. The molecule has 1 nitrogen and oxygen atoms in total. The van der Waals surface area contributed by atoms with Crippen LogP contribution >= 0.6 is 23.4 Å². The Morgan fingerprint density at radius 2 is 2.18 bits per heavy atom. The number of hydrogen-bond acceptors (Lipinski definition) is 2. The summed E-state index contributed by atoms with van der Waals surface area (Å²) < 4.78 is 0. The highest BCUT2D eigenvalue weighted by atomic mass is 35.5. The Hall–Kier alpha value is 0.600. The van der Waals surface area contributed by atoms with Crippen molar-refractivity contribution < 1.29 is 0 Å². The largest absolute Gasteiger partial charge is 0.312 e. The molecule has 0 rings (SSSR count). The summed E-state index contributed by atoms with van der Waals surface area (Å²) in [6, 6.07) is 0.508. The molecular weight excluding hydrogens is 178 g/mol. The Morgan fingerprint density at radius 3 is 2.64 bits per heavy atom. The van der Waals surface area contributed by atoms with Gasteiger partial charge in [-0.3, -0.25) is 0 Å². The van der Waals surface area contributed by atoms with Crippen LogP contribution in [-0.2, 0) is 0 Å². The van der Waals surface area contributed by atoms with Crippen molar-refractivity contribution in [2.75, 3.05) is 23.9 Å². The van der Waals surface area contributed by atoms with E-state index in [1.807, 2.05) is 11.8 Å². The third-order valence-electron chi connectivity index (χ3n) is 1.56. The van der Waals surface area contributed by atoms with E-state index in [0.717, 1.165) is 18.8 Å². The molecule has 0 aromatic rings. The molecular formula is C8H18ClNS. The Kier molecular flexibility index (Phi) is 9.17. The average Bonchev–Trinajstić information content (AvgIpc) is 2.05. The average molecular weight is 196 g/mol. The van der Waals surface area contributed by atoms with Crippen molar-refractivity contribution in [1.29, 1.82) is 0 Å². The zero-order valence-electron chi connectivity index (χ0n) is 7.40. The normalized spacial score (nSPS) is 13.4. The van der Waals surface area contributed by atoms with Gasteiger partial charge in [0.2, 0.25) is 0 Å². The number of alkyl halides is 1. The summed E-state index contributed by atoms with van der Waals surface area (Å²) in [7, 11) is 0. The molecule has 1 N–H and O–H groups in total. The molecule has 0 saturated heterocycles. The molecule has 0 aliphatic rings. The van der Waals surface area contributed by atoms with Gasteiger partial charge in [0.15, 0.2) is 0 Å². The Balaban J connectivity index is 3.07. The number of rotatable bonds is 7. The van der Waals surface area contributed by atoms with E-state index in [4.69, 9.17) is 11.6 Å². The molecule has 0 saturated carbocycles. The molecule has 0 aliphatic carbocycles. The SMILES string of the molecule is CCSCCNC(CC)CCl. The summed E-state index contributed by atoms with van der Waals surface area (Å²) in [6.45, 7) is 5.43. The Bertz CT molecular complexity index is 76.5. The predicted molar refractivity (Wildman–Crippen MR) is 55.8 cm³/mol. The number of halogens is 1. The number of nitrogens with one attached hydrogen (secondary N) is 1. The molecule has 0 aliphatic heterocycles. The van der Waals surface area contributed by atoms with Crippen LogP contribution in [0.1, 0.15) is 20.3 Å². The van der Waals surface area contributed by atoms with Gasteiger partial charge in [0, 0.05) is 24.2 Å². The second kappa shape index (κ2) is 8.69. The van der Waals surface area contributed by atoms with E-state index in [2.05, 4.69) is 19.2 Å². The van der Waals surface area contributed by atoms with Gasteiger partial charge >= 0.3 is 0 Å². The van der Waals surface area contributed by atoms with Crippen molar-refractivity contribution >= 4 is 23.4 Å². The van der Waals surface area contributed by atoms with E-state index in [9.17, 15) is 0 Å². The molecule has 1 unspecified atom stereocenters. The van der Waals surface area contributed by atoms with Crippen LogP contribution in [0, 0.1) is 0 Å². The first-order valence-corrected chi connectivity index (χ1v) is 5.91. The monoisotopic (exact) mass is 195 g/mol. The molecule has 3 heteroatoms. The van der Waals surface area contributed by atoms with E-state index in [1.165, 1.54) is 11.5 Å². The zero-order chi connectivity index (χ0) is 8.53. The molecule has 0 spiro atoms. The first-order chi connectivity index (χ1) is 5.35. The zero-order valence-corrected chi connectivity index (χ0v) is 8.97. The molecule has 68 valence electrons. The van der Waals surface area contributed by atoms with Crippen LogP contribution in [-0.4, -0.2) is 30.0 Å². The Labute approximate surface area is 79.3 Å². The van der Waals surface area contributed by atoms with Crippen LogP contribution in [0.15, 0.2) is 0 Å². The van der Waals surface area contributed by atoms with Crippen molar-refractivity contribution in [3.63, 3.8) is 0 Å². The summed E-state index contributed by atoms with van der Waals surface area (Å²) in [5.41, 5.74) is 0. The van der Waals surface area contributed by atoms with Crippen molar-refractivity contribution in [2.24, 2.45) is 0 Å². The van der Waals surface area contributed by atoms with Gasteiger partial charge in [0.25, 0.3) is 0 Å². The summed E-state index contributed by atoms with van der Waals surface area (Å²) >= 11 is 7.68. The smallest absolute Gasteiger partial charge is 0.0377 e. The fraction of sp³-hybridized carbons (Fsp3) is 1.00. The number of thioether (sulfide) groups is 1. The fourth-order valence-electron chi connectivity index (χ4n) is 0.788. The minimum absolute atomic E-state index is 0.508. The topological polar surface area (TPSA) is 12.0 Å². The first kappa shape index (κ1) is 11.6. The van der Waals surface area contributed by atoms with Gasteiger partial charge in [-0.25, -0.2) is 0 Å².